The Hall–Kier alpha value is -3.19. The highest BCUT2D eigenvalue weighted by Gasteiger charge is 2.49. The molecule has 1 aliphatic carbocycles. The van der Waals surface area contributed by atoms with E-state index in [0.717, 1.165) is 19.3 Å². The summed E-state index contributed by atoms with van der Waals surface area (Å²) in [5.74, 6) is -1.62. The van der Waals surface area contributed by atoms with Gasteiger partial charge in [-0.2, -0.15) is 0 Å². The molecule has 3 amide bonds. The Balaban J connectivity index is 1.37. The lowest BCUT2D eigenvalue weighted by atomic mass is 9.76. The van der Waals surface area contributed by atoms with Crippen LogP contribution in [0.2, 0.25) is 5.02 Å². The number of nitrogens with one attached hydrogen (secondary N) is 1. The van der Waals surface area contributed by atoms with Gasteiger partial charge in [0.15, 0.2) is 6.61 Å². The van der Waals surface area contributed by atoms with Gasteiger partial charge in [-0.3, -0.25) is 19.3 Å². The molecule has 0 radical (unpaired) electrons. The minimum atomic E-state index is -0.688. The third-order valence-corrected chi connectivity index (χ3v) is 6.36. The molecule has 1 aliphatic heterocycles. The summed E-state index contributed by atoms with van der Waals surface area (Å²) in [6.07, 6.45) is 2.41. The summed E-state index contributed by atoms with van der Waals surface area (Å²) < 4.78 is 5.06. The van der Waals surface area contributed by atoms with E-state index < -0.39 is 18.5 Å². The van der Waals surface area contributed by atoms with Crippen LogP contribution in [0.5, 0.6) is 0 Å². The molecule has 2 aromatic rings. The minimum absolute atomic E-state index is 0.168. The van der Waals surface area contributed by atoms with E-state index in [9.17, 15) is 19.2 Å². The van der Waals surface area contributed by atoms with Crippen molar-refractivity contribution in [1.82, 2.24) is 0 Å². The number of carbonyl (C=O) groups is 4. The lowest BCUT2D eigenvalue weighted by Crippen LogP contribution is -2.30. The van der Waals surface area contributed by atoms with Crippen molar-refractivity contribution >= 4 is 46.7 Å². The number of benzene rings is 2. The zero-order chi connectivity index (χ0) is 22.8. The molecule has 1 saturated carbocycles. The number of hydrogen-bond donors (Lipinski definition) is 1. The van der Waals surface area contributed by atoms with Crippen LogP contribution in [0, 0.1) is 17.8 Å². The van der Waals surface area contributed by atoms with E-state index in [0.29, 0.717) is 22.3 Å². The second kappa shape index (κ2) is 9.12. The second-order valence-corrected chi connectivity index (χ2v) is 8.70. The van der Waals surface area contributed by atoms with E-state index in [1.165, 1.54) is 17.0 Å². The van der Waals surface area contributed by atoms with E-state index in [1.807, 2.05) is 0 Å². The maximum absolute atomic E-state index is 12.8. The number of para-hydroxylation sites is 1. The van der Waals surface area contributed by atoms with Gasteiger partial charge in [-0.25, -0.2) is 4.79 Å². The van der Waals surface area contributed by atoms with Crippen molar-refractivity contribution in [3.8, 4) is 0 Å². The number of esters is 1. The van der Waals surface area contributed by atoms with Crippen LogP contribution < -0.4 is 10.2 Å². The van der Waals surface area contributed by atoms with Gasteiger partial charge in [0.25, 0.3) is 5.91 Å². The van der Waals surface area contributed by atoms with E-state index in [1.54, 1.807) is 36.4 Å². The third kappa shape index (κ3) is 4.39. The topological polar surface area (TPSA) is 92.8 Å². The molecule has 166 valence electrons. The van der Waals surface area contributed by atoms with E-state index in [4.69, 9.17) is 16.3 Å². The van der Waals surface area contributed by atoms with Gasteiger partial charge in [-0.15, -0.1) is 0 Å². The van der Waals surface area contributed by atoms with Crippen LogP contribution in [-0.4, -0.2) is 30.3 Å². The van der Waals surface area contributed by atoms with Gasteiger partial charge in [0.05, 0.1) is 33.8 Å². The number of anilines is 2. The summed E-state index contributed by atoms with van der Waals surface area (Å²) in [5.41, 5.74) is 1.08. The molecule has 0 unspecified atom stereocenters. The number of imide groups is 1. The fourth-order valence-corrected chi connectivity index (χ4v) is 4.54. The number of halogens is 1. The molecule has 8 heteroatoms. The number of rotatable bonds is 5. The van der Waals surface area contributed by atoms with E-state index >= 15 is 0 Å². The van der Waals surface area contributed by atoms with Crippen LogP contribution in [0.25, 0.3) is 0 Å². The van der Waals surface area contributed by atoms with Gasteiger partial charge in [0, 0.05) is 0 Å². The van der Waals surface area contributed by atoms with Gasteiger partial charge in [0.2, 0.25) is 11.8 Å². The first-order valence-electron chi connectivity index (χ1n) is 10.5. The van der Waals surface area contributed by atoms with Gasteiger partial charge in [0.1, 0.15) is 0 Å². The molecule has 2 aromatic carbocycles. The lowest BCUT2D eigenvalue weighted by molar-refractivity contribution is -0.122. The third-order valence-electron chi connectivity index (χ3n) is 6.03. The molecule has 4 rings (SSSR count). The summed E-state index contributed by atoms with van der Waals surface area (Å²) >= 11 is 5.99. The van der Waals surface area contributed by atoms with Crippen molar-refractivity contribution < 1.29 is 23.9 Å². The fourth-order valence-electron chi connectivity index (χ4n) is 4.35. The predicted molar refractivity (Wildman–Crippen MR) is 119 cm³/mol. The molecule has 1 heterocycles. The van der Waals surface area contributed by atoms with Crippen molar-refractivity contribution in [2.45, 2.75) is 26.2 Å². The first-order valence-corrected chi connectivity index (χ1v) is 10.9. The van der Waals surface area contributed by atoms with E-state index in [2.05, 4.69) is 12.2 Å². The number of carbonyl (C=O) groups excluding carboxylic acids is 4. The van der Waals surface area contributed by atoms with Crippen LogP contribution in [0.4, 0.5) is 11.4 Å². The van der Waals surface area contributed by atoms with Crippen molar-refractivity contribution in [1.29, 1.82) is 0 Å². The lowest BCUT2D eigenvalue weighted by Gasteiger charge is -2.25. The Morgan fingerprint density at radius 3 is 2.44 bits per heavy atom. The highest BCUT2D eigenvalue weighted by atomic mass is 35.5. The van der Waals surface area contributed by atoms with Crippen LogP contribution in [0.15, 0.2) is 48.5 Å². The molecule has 1 saturated heterocycles. The molecule has 0 aromatic heterocycles. The summed E-state index contributed by atoms with van der Waals surface area (Å²) in [5, 5.41) is 2.95. The zero-order valence-electron chi connectivity index (χ0n) is 17.5. The largest absolute Gasteiger partial charge is 0.452 e. The molecule has 0 spiro atoms. The Morgan fingerprint density at radius 1 is 1.03 bits per heavy atom. The Bertz CT molecular complexity index is 1070. The Labute approximate surface area is 190 Å². The summed E-state index contributed by atoms with van der Waals surface area (Å²) in [4.78, 5) is 51.2. The summed E-state index contributed by atoms with van der Waals surface area (Å²) in [7, 11) is 0. The zero-order valence-corrected chi connectivity index (χ0v) is 18.3. The maximum Gasteiger partial charge on any atom is 0.338 e. The Morgan fingerprint density at radius 2 is 1.72 bits per heavy atom. The molecular formula is C24H23ClN2O5. The molecule has 3 atom stereocenters. The number of amides is 3. The van der Waals surface area contributed by atoms with Gasteiger partial charge >= 0.3 is 5.97 Å². The van der Waals surface area contributed by atoms with Gasteiger partial charge in [-0.05, 0) is 61.6 Å². The molecule has 2 fully saturated rings. The maximum atomic E-state index is 12.8. The number of ether oxygens (including phenoxy) is 1. The Kier molecular flexibility index (Phi) is 6.28. The standard InChI is InChI=1S/C24H23ClN2O5/c1-14-6-11-17-18(12-14)23(30)27(22(17)29)16-9-7-15(8-10-16)24(31)32-13-21(28)26-20-5-3-2-4-19(20)25/h2-5,7-10,14,17-18H,6,11-13H2,1H3,(H,26,28)/t14-,17+,18+/m1/s1. The van der Waals surface area contributed by atoms with E-state index in [-0.39, 0.29) is 29.2 Å². The summed E-state index contributed by atoms with van der Waals surface area (Å²) in [6, 6.07) is 12.8. The molecule has 2 aliphatic rings. The van der Waals surface area contributed by atoms with Crippen molar-refractivity contribution in [3.63, 3.8) is 0 Å². The SMILES string of the molecule is C[C@@H]1CC[C@@H]2C(=O)N(c3ccc(C(=O)OCC(=O)Nc4ccccc4Cl)cc3)C(=O)[C@H]2C1. The second-order valence-electron chi connectivity index (χ2n) is 8.29. The predicted octanol–water partition coefficient (Wildman–Crippen LogP) is 4.06. The average Bonchev–Trinajstić information content (AvgIpc) is 3.03. The molecule has 0 bridgehead atoms. The van der Waals surface area contributed by atoms with Crippen LogP contribution in [0.3, 0.4) is 0 Å². The fraction of sp³-hybridized carbons (Fsp3) is 0.333. The van der Waals surface area contributed by atoms with Gasteiger partial charge in [-0.1, -0.05) is 30.7 Å². The number of nitrogens with zero attached hydrogens (tertiary/aromatic N) is 1. The normalized spacial score (nSPS) is 22.4. The molecular weight excluding hydrogens is 432 g/mol. The highest BCUT2D eigenvalue weighted by molar-refractivity contribution is 6.33. The van der Waals surface area contributed by atoms with Crippen LogP contribution in [0.1, 0.15) is 36.5 Å². The number of hydrogen-bond acceptors (Lipinski definition) is 5. The van der Waals surface area contributed by atoms with Crippen molar-refractivity contribution in [2.24, 2.45) is 17.8 Å². The van der Waals surface area contributed by atoms with Gasteiger partial charge < -0.3 is 10.1 Å². The smallest absolute Gasteiger partial charge is 0.338 e. The summed E-state index contributed by atoms with van der Waals surface area (Å²) in [6.45, 7) is 1.63. The number of fused-ring (bicyclic) bond motifs is 1. The monoisotopic (exact) mass is 454 g/mol. The first-order chi connectivity index (χ1) is 15.3. The molecule has 32 heavy (non-hydrogen) atoms. The first kappa shape index (κ1) is 22.0. The molecule has 1 N–H and O–H groups in total. The molecule has 7 nitrogen and oxygen atoms in total. The van der Waals surface area contributed by atoms with Crippen molar-refractivity contribution in [2.75, 3.05) is 16.8 Å². The highest BCUT2D eigenvalue weighted by Crippen LogP contribution is 2.42. The quantitative estimate of drug-likeness (QED) is 0.543. The minimum Gasteiger partial charge on any atom is -0.452 e. The van der Waals surface area contributed by atoms with Crippen LogP contribution in [-0.2, 0) is 19.1 Å². The average molecular weight is 455 g/mol. The van der Waals surface area contributed by atoms with Crippen molar-refractivity contribution in [3.05, 3.63) is 59.1 Å². The van der Waals surface area contributed by atoms with Crippen LogP contribution >= 0.6 is 11.6 Å².